The molecular formula is C67H69N. The van der Waals surface area contributed by atoms with E-state index in [2.05, 4.69) is 266 Å². The Morgan fingerprint density at radius 3 is 1.10 bits per heavy atom. The van der Waals surface area contributed by atoms with Gasteiger partial charge in [-0.2, -0.15) is 0 Å². The maximum absolute atomic E-state index is 2.53. The average molecular weight is 888 g/mol. The summed E-state index contributed by atoms with van der Waals surface area (Å²) in [4.78, 5) is 2.47. The molecule has 0 aliphatic heterocycles. The van der Waals surface area contributed by atoms with Crippen molar-refractivity contribution < 1.29 is 0 Å². The molecule has 0 fully saturated rings. The van der Waals surface area contributed by atoms with Crippen LogP contribution in [0.5, 0.6) is 0 Å². The Morgan fingerprint density at radius 2 is 0.691 bits per heavy atom. The topological polar surface area (TPSA) is 3.24 Å². The number of benzene rings is 8. The van der Waals surface area contributed by atoms with Crippen LogP contribution < -0.4 is 4.90 Å². The van der Waals surface area contributed by atoms with E-state index in [1.54, 1.807) is 0 Å². The maximum atomic E-state index is 2.53. The van der Waals surface area contributed by atoms with Gasteiger partial charge in [-0.05, 0) is 166 Å². The molecule has 0 amide bonds. The zero-order chi connectivity index (χ0) is 48.3. The molecule has 0 aromatic heterocycles. The predicted octanol–water partition coefficient (Wildman–Crippen LogP) is 19.0. The normalized spacial score (nSPS) is 14.6. The molecule has 8 aromatic carbocycles. The summed E-state index contributed by atoms with van der Waals surface area (Å²) >= 11 is 0. The van der Waals surface area contributed by atoms with E-state index in [4.69, 9.17) is 0 Å². The van der Waals surface area contributed by atoms with E-state index in [-0.39, 0.29) is 27.1 Å². The number of aryl methyl sites for hydroxylation is 1. The minimum absolute atomic E-state index is 0.0691. The Kier molecular flexibility index (Phi) is 10.5. The van der Waals surface area contributed by atoms with Crippen molar-refractivity contribution in [3.8, 4) is 55.6 Å². The van der Waals surface area contributed by atoms with Gasteiger partial charge in [-0.3, -0.25) is 0 Å². The molecule has 2 aliphatic carbocycles. The van der Waals surface area contributed by atoms with E-state index in [9.17, 15) is 0 Å². The fourth-order valence-corrected chi connectivity index (χ4v) is 11.3. The molecule has 342 valence electrons. The van der Waals surface area contributed by atoms with Crippen molar-refractivity contribution in [1.82, 2.24) is 0 Å². The molecule has 1 nitrogen and oxygen atoms in total. The first-order chi connectivity index (χ1) is 32.0. The van der Waals surface area contributed by atoms with Crippen molar-refractivity contribution in [1.29, 1.82) is 0 Å². The van der Waals surface area contributed by atoms with Crippen molar-refractivity contribution in [3.63, 3.8) is 0 Å². The quantitative estimate of drug-likeness (QED) is 0.161. The van der Waals surface area contributed by atoms with Crippen LogP contribution in [0.3, 0.4) is 0 Å². The number of anilines is 3. The lowest BCUT2D eigenvalue weighted by Crippen LogP contribution is -2.19. The Balaban J connectivity index is 1.22. The second kappa shape index (κ2) is 15.8. The van der Waals surface area contributed by atoms with Gasteiger partial charge in [-0.25, -0.2) is 0 Å². The summed E-state index contributed by atoms with van der Waals surface area (Å²) in [6, 6.07) is 62.9. The van der Waals surface area contributed by atoms with Gasteiger partial charge in [-0.15, -0.1) is 0 Å². The van der Waals surface area contributed by atoms with E-state index in [1.165, 1.54) is 100 Å². The molecule has 8 aromatic rings. The average Bonchev–Trinajstić information content (AvgIpc) is 3.67. The zero-order valence-electron chi connectivity index (χ0n) is 43.0. The van der Waals surface area contributed by atoms with E-state index in [0.717, 1.165) is 17.1 Å². The van der Waals surface area contributed by atoms with Crippen LogP contribution in [0.1, 0.15) is 135 Å². The van der Waals surface area contributed by atoms with E-state index < -0.39 is 0 Å². The Bertz CT molecular complexity index is 3100. The second-order valence-electron chi connectivity index (χ2n) is 24.0. The van der Waals surface area contributed by atoms with Crippen LogP contribution in [0, 0.1) is 6.92 Å². The van der Waals surface area contributed by atoms with Gasteiger partial charge >= 0.3 is 0 Å². The first-order valence-corrected chi connectivity index (χ1v) is 24.8. The summed E-state index contributed by atoms with van der Waals surface area (Å²) in [6.07, 6.45) is 0. The van der Waals surface area contributed by atoms with Crippen LogP contribution in [-0.4, -0.2) is 0 Å². The maximum Gasteiger partial charge on any atom is 0.0474 e. The Hall–Kier alpha value is -6.44. The van der Waals surface area contributed by atoms with E-state index >= 15 is 0 Å². The molecule has 0 radical (unpaired) electrons. The van der Waals surface area contributed by atoms with E-state index in [1.807, 2.05) is 0 Å². The molecule has 0 atom stereocenters. The molecular weight excluding hydrogens is 819 g/mol. The predicted molar refractivity (Wildman–Crippen MR) is 293 cm³/mol. The van der Waals surface area contributed by atoms with Crippen LogP contribution in [0.25, 0.3) is 55.6 Å². The lowest BCUT2D eigenvalue weighted by Gasteiger charge is -2.32. The standard InChI is InChI=1S/C67H69N/c1-42-20-28-49(29-21-42)68(50-30-22-44(23-31-50)43-18-16-15-17-19-43)51-40-56(45-24-32-52-54-34-26-47(63(2,3)4)38-60(54)66(11,12)58(52)36-45)62(65(8,9)10)57(41-51)46-25-33-53-55-35-27-48(64(5,6)7)39-61(55)67(13,14)59(53)37-46/h15-41H,1-14H3. The number of nitrogens with zero attached hydrogens (tertiary/aromatic N) is 1. The summed E-state index contributed by atoms with van der Waals surface area (Å²) in [5.41, 5.74) is 26.8. The van der Waals surface area contributed by atoms with Crippen LogP contribution in [-0.2, 0) is 27.1 Å². The highest BCUT2D eigenvalue weighted by Crippen LogP contribution is 2.55. The molecule has 0 heterocycles. The van der Waals surface area contributed by atoms with Gasteiger partial charge in [0.25, 0.3) is 0 Å². The molecule has 1 heteroatoms. The molecule has 0 bridgehead atoms. The van der Waals surface area contributed by atoms with Crippen LogP contribution in [0.4, 0.5) is 17.1 Å². The van der Waals surface area contributed by atoms with Gasteiger partial charge in [-0.1, -0.05) is 211 Å². The highest BCUT2D eigenvalue weighted by atomic mass is 15.1. The van der Waals surface area contributed by atoms with Gasteiger partial charge in [0.15, 0.2) is 0 Å². The van der Waals surface area contributed by atoms with Crippen molar-refractivity contribution >= 4 is 17.1 Å². The van der Waals surface area contributed by atoms with Gasteiger partial charge in [0.2, 0.25) is 0 Å². The third-order valence-electron chi connectivity index (χ3n) is 15.4. The Morgan fingerprint density at radius 1 is 0.324 bits per heavy atom. The van der Waals surface area contributed by atoms with Gasteiger partial charge in [0.1, 0.15) is 0 Å². The molecule has 0 unspecified atom stereocenters. The van der Waals surface area contributed by atoms with Crippen LogP contribution in [0.2, 0.25) is 0 Å². The summed E-state index contributed by atoms with van der Waals surface area (Å²) in [5, 5.41) is 0. The largest absolute Gasteiger partial charge is 0.310 e. The summed E-state index contributed by atoms with van der Waals surface area (Å²) in [5.74, 6) is 0. The molecule has 0 N–H and O–H groups in total. The Labute approximate surface area is 408 Å². The third kappa shape index (κ3) is 7.63. The molecule has 0 saturated carbocycles. The van der Waals surface area contributed by atoms with Gasteiger partial charge < -0.3 is 4.90 Å². The van der Waals surface area contributed by atoms with E-state index in [0.29, 0.717) is 0 Å². The number of hydrogen-bond acceptors (Lipinski definition) is 1. The second-order valence-corrected chi connectivity index (χ2v) is 24.0. The van der Waals surface area contributed by atoms with Crippen molar-refractivity contribution in [2.75, 3.05) is 4.90 Å². The lowest BCUT2D eigenvalue weighted by molar-refractivity contribution is 0.584. The first kappa shape index (κ1) is 45.3. The molecule has 0 saturated heterocycles. The number of hydrogen-bond donors (Lipinski definition) is 0. The molecule has 2 aliphatic rings. The fraction of sp³-hybridized carbons (Fsp3) is 0.284. The van der Waals surface area contributed by atoms with Crippen molar-refractivity contribution in [3.05, 3.63) is 208 Å². The van der Waals surface area contributed by atoms with Crippen molar-refractivity contribution in [2.45, 2.75) is 124 Å². The fourth-order valence-electron chi connectivity index (χ4n) is 11.3. The minimum atomic E-state index is -0.201. The summed E-state index contributed by atoms with van der Waals surface area (Å²) in [6.45, 7) is 33.0. The minimum Gasteiger partial charge on any atom is -0.310 e. The number of rotatable bonds is 6. The lowest BCUT2D eigenvalue weighted by atomic mass is 9.75. The SMILES string of the molecule is Cc1ccc(N(c2ccc(-c3ccccc3)cc2)c2cc(-c3ccc4c(c3)C(C)(C)c3cc(C(C)(C)C)ccc3-4)c(C(C)(C)C)c(-c3ccc4c(c3)C(C)(C)c3cc(C(C)(C)C)ccc3-4)c2)cc1. The highest BCUT2D eigenvalue weighted by Gasteiger charge is 2.39. The van der Waals surface area contributed by atoms with Crippen LogP contribution in [0.15, 0.2) is 164 Å². The van der Waals surface area contributed by atoms with Gasteiger partial charge in [0, 0.05) is 27.9 Å². The van der Waals surface area contributed by atoms with Crippen LogP contribution >= 0.6 is 0 Å². The van der Waals surface area contributed by atoms with Gasteiger partial charge in [0.05, 0.1) is 0 Å². The first-order valence-electron chi connectivity index (χ1n) is 24.8. The molecule has 0 spiro atoms. The monoisotopic (exact) mass is 888 g/mol. The zero-order valence-corrected chi connectivity index (χ0v) is 43.0. The summed E-state index contributed by atoms with van der Waals surface area (Å²) in [7, 11) is 0. The van der Waals surface area contributed by atoms with Crippen molar-refractivity contribution in [2.24, 2.45) is 0 Å². The highest BCUT2D eigenvalue weighted by molar-refractivity contribution is 5.93. The molecule has 10 rings (SSSR count). The smallest absolute Gasteiger partial charge is 0.0474 e. The third-order valence-corrected chi connectivity index (χ3v) is 15.4. The number of fused-ring (bicyclic) bond motifs is 6. The molecule has 68 heavy (non-hydrogen) atoms. The summed E-state index contributed by atoms with van der Waals surface area (Å²) < 4.78 is 0.